The van der Waals surface area contributed by atoms with Gasteiger partial charge in [-0.1, -0.05) is 30.0 Å². The van der Waals surface area contributed by atoms with E-state index in [4.69, 9.17) is 0 Å². The number of benzene rings is 2. The predicted molar refractivity (Wildman–Crippen MR) is 69.0 cm³/mol. The van der Waals surface area contributed by atoms with E-state index in [2.05, 4.69) is 0 Å². The molecular formula is C13H9NO3S. The maximum absolute atomic E-state index is 10.6. The largest absolute Gasteiger partial charge is 0.298 e. The summed E-state index contributed by atoms with van der Waals surface area (Å²) in [6.45, 7) is 0. The molecule has 0 bridgehead atoms. The second-order valence-corrected chi connectivity index (χ2v) is 4.69. The van der Waals surface area contributed by atoms with Crippen molar-refractivity contribution in [1.29, 1.82) is 0 Å². The molecule has 0 saturated carbocycles. The first-order chi connectivity index (χ1) is 8.69. The van der Waals surface area contributed by atoms with Crippen molar-refractivity contribution in [2.24, 2.45) is 0 Å². The van der Waals surface area contributed by atoms with E-state index < -0.39 is 4.92 Å². The minimum Gasteiger partial charge on any atom is -0.298 e. The van der Waals surface area contributed by atoms with Gasteiger partial charge in [-0.15, -0.1) is 0 Å². The number of aldehydes is 1. The number of nitrogens with zero attached hydrogens (tertiary/aromatic N) is 1. The van der Waals surface area contributed by atoms with Crippen LogP contribution in [0, 0.1) is 10.1 Å². The van der Waals surface area contributed by atoms with Gasteiger partial charge < -0.3 is 0 Å². The maximum atomic E-state index is 10.6. The van der Waals surface area contributed by atoms with Crippen molar-refractivity contribution in [3.8, 4) is 0 Å². The Morgan fingerprint density at radius 1 is 1.06 bits per heavy atom. The summed E-state index contributed by atoms with van der Waals surface area (Å²) in [4.78, 5) is 22.5. The fourth-order valence-corrected chi connectivity index (χ4v) is 2.28. The van der Waals surface area contributed by atoms with Crippen LogP contribution >= 0.6 is 11.8 Å². The number of rotatable bonds is 4. The van der Waals surface area contributed by atoms with Gasteiger partial charge in [0.25, 0.3) is 5.69 Å². The molecule has 18 heavy (non-hydrogen) atoms. The Balaban J connectivity index is 2.19. The molecule has 0 aromatic heterocycles. The second-order valence-electron chi connectivity index (χ2n) is 3.54. The Labute approximate surface area is 108 Å². The molecule has 0 atom stereocenters. The van der Waals surface area contributed by atoms with Gasteiger partial charge in [0.15, 0.2) is 0 Å². The summed E-state index contributed by atoms with van der Waals surface area (Å²) in [5.41, 5.74) is 0.683. The van der Waals surface area contributed by atoms with E-state index in [1.165, 1.54) is 23.9 Å². The molecule has 0 N–H and O–H groups in total. The molecule has 0 radical (unpaired) electrons. The fraction of sp³-hybridized carbons (Fsp3) is 0. The maximum Gasteiger partial charge on any atom is 0.270 e. The van der Waals surface area contributed by atoms with Crippen LogP contribution in [0.15, 0.2) is 58.3 Å². The number of hydrogen-bond acceptors (Lipinski definition) is 4. The van der Waals surface area contributed by atoms with Gasteiger partial charge in [-0.05, 0) is 18.2 Å². The molecule has 0 aliphatic carbocycles. The van der Waals surface area contributed by atoms with Crippen LogP contribution in [0.3, 0.4) is 0 Å². The molecule has 2 aromatic carbocycles. The van der Waals surface area contributed by atoms with Gasteiger partial charge >= 0.3 is 0 Å². The lowest BCUT2D eigenvalue weighted by molar-refractivity contribution is -0.385. The molecule has 0 aliphatic heterocycles. The number of nitro benzene ring substituents is 1. The molecule has 0 saturated heterocycles. The van der Waals surface area contributed by atoms with Crippen molar-refractivity contribution in [3.05, 3.63) is 64.2 Å². The summed E-state index contributed by atoms with van der Waals surface area (Å²) in [5.74, 6) is 0. The van der Waals surface area contributed by atoms with Gasteiger partial charge in [-0.3, -0.25) is 14.9 Å². The minimum absolute atomic E-state index is 0.0736. The summed E-state index contributed by atoms with van der Waals surface area (Å²) in [7, 11) is 0. The molecule has 2 aromatic rings. The van der Waals surface area contributed by atoms with Crippen molar-refractivity contribution in [1.82, 2.24) is 0 Å². The van der Waals surface area contributed by atoms with E-state index in [-0.39, 0.29) is 5.69 Å². The van der Waals surface area contributed by atoms with Crippen LogP contribution in [-0.4, -0.2) is 11.2 Å². The summed E-state index contributed by atoms with van der Waals surface area (Å²) < 4.78 is 0. The first-order valence-corrected chi connectivity index (χ1v) is 5.98. The van der Waals surface area contributed by atoms with E-state index in [0.717, 1.165) is 16.1 Å². The molecule has 5 heteroatoms. The number of non-ortho nitro benzene ring substituents is 1. The van der Waals surface area contributed by atoms with E-state index in [9.17, 15) is 14.9 Å². The topological polar surface area (TPSA) is 60.2 Å². The van der Waals surface area contributed by atoms with E-state index in [0.29, 0.717) is 5.56 Å². The average Bonchev–Trinajstić information content (AvgIpc) is 2.40. The van der Waals surface area contributed by atoms with E-state index >= 15 is 0 Å². The van der Waals surface area contributed by atoms with Crippen molar-refractivity contribution in [2.75, 3.05) is 0 Å². The lowest BCUT2D eigenvalue weighted by atomic mass is 10.2. The van der Waals surface area contributed by atoms with Gasteiger partial charge in [-0.2, -0.15) is 0 Å². The molecule has 0 amide bonds. The minimum atomic E-state index is -0.417. The Kier molecular flexibility index (Phi) is 3.74. The van der Waals surface area contributed by atoms with Crippen LogP contribution in [0.4, 0.5) is 5.69 Å². The SMILES string of the molecule is O=Cc1ccc(Sc2cccc([N+](=O)[O-])c2)cc1. The number of carbonyl (C=O) groups excluding carboxylic acids is 1. The summed E-state index contributed by atoms with van der Waals surface area (Å²) in [6.07, 6.45) is 0.780. The highest BCUT2D eigenvalue weighted by Gasteiger charge is 2.06. The van der Waals surface area contributed by atoms with Crippen molar-refractivity contribution in [3.63, 3.8) is 0 Å². The first-order valence-electron chi connectivity index (χ1n) is 5.16. The molecule has 0 unspecified atom stereocenters. The van der Waals surface area contributed by atoms with Crippen LogP contribution in [-0.2, 0) is 0 Å². The third kappa shape index (κ3) is 2.95. The van der Waals surface area contributed by atoms with Crippen LogP contribution in [0.25, 0.3) is 0 Å². The Morgan fingerprint density at radius 3 is 2.39 bits per heavy atom. The van der Waals surface area contributed by atoms with Crippen LogP contribution < -0.4 is 0 Å². The average molecular weight is 259 g/mol. The molecule has 90 valence electrons. The Hall–Kier alpha value is -2.14. The fourth-order valence-electron chi connectivity index (χ4n) is 1.41. The van der Waals surface area contributed by atoms with E-state index in [1.807, 2.05) is 18.2 Å². The summed E-state index contributed by atoms with van der Waals surface area (Å²) >= 11 is 1.42. The lowest BCUT2D eigenvalue weighted by Gasteiger charge is -2.01. The highest BCUT2D eigenvalue weighted by Crippen LogP contribution is 2.29. The molecule has 0 spiro atoms. The van der Waals surface area contributed by atoms with Gasteiger partial charge in [-0.25, -0.2) is 0 Å². The normalized spacial score (nSPS) is 10.0. The third-order valence-electron chi connectivity index (χ3n) is 2.28. The number of nitro groups is 1. The Morgan fingerprint density at radius 2 is 1.78 bits per heavy atom. The summed E-state index contributed by atoms with van der Waals surface area (Å²) in [5, 5.41) is 10.6. The van der Waals surface area contributed by atoms with Crippen LogP contribution in [0.2, 0.25) is 0 Å². The number of hydrogen-bond donors (Lipinski definition) is 0. The molecule has 0 aliphatic rings. The van der Waals surface area contributed by atoms with Gasteiger partial charge in [0.2, 0.25) is 0 Å². The molecular weight excluding hydrogens is 250 g/mol. The van der Waals surface area contributed by atoms with Gasteiger partial charge in [0, 0.05) is 27.5 Å². The first kappa shape index (κ1) is 12.3. The van der Waals surface area contributed by atoms with Crippen LogP contribution in [0.1, 0.15) is 10.4 Å². The standard InChI is InChI=1S/C13H9NO3S/c15-9-10-4-6-12(7-5-10)18-13-3-1-2-11(8-13)14(16)17/h1-9H. The monoisotopic (exact) mass is 259 g/mol. The zero-order valence-electron chi connectivity index (χ0n) is 9.28. The van der Waals surface area contributed by atoms with Gasteiger partial charge in [0.1, 0.15) is 6.29 Å². The smallest absolute Gasteiger partial charge is 0.270 e. The van der Waals surface area contributed by atoms with Crippen molar-refractivity contribution >= 4 is 23.7 Å². The van der Waals surface area contributed by atoms with Crippen molar-refractivity contribution < 1.29 is 9.72 Å². The third-order valence-corrected chi connectivity index (χ3v) is 3.28. The van der Waals surface area contributed by atoms with Crippen molar-refractivity contribution in [2.45, 2.75) is 9.79 Å². The van der Waals surface area contributed by atoms with Gasteiger partial charge in [0.05, 0.1) is 4.92 Å². The quantitative estimate of drug-likeness (QED) is 0.478. The summed E-state index contributed by atoms with van der Waals surface area (Å²) in [6, 6.07) is 13.5. The zero-order chi connectivity index (χ0) is 13.0. The molecule has 0 heterocycles. The Bertz CT molecular complexity index is 581. The number of carbonyl (C=O) groups is 1. The van der Waals surface area contributed by atoms with Crippen LogP contribution in [0.5, 0.6) is 0 Å². The highest BCUT2D eigenvalue weighted by molar-refractivity contribution is 7.99. The molecule has 2 rings (SSSR count). The lowest BCUT2D eigenvalue weighted by Crippen LogP contribution is -1.87. The molecule has 0 fully saturated rings. The zero-order valence-corrected chi connectivity index (χ0v) is 10.1. The predicted octanol–water partition coefficient (Wildman–Crippen LogP) is 3.56. The van der Waals surface area contributed by atoms with E-state index in [1.54, 1.807) is 18.2 Å². The molecule has 4 nitrogen and oxygen atoms in total. The second kappa shape index (κ2) is 5.46. The highest BCUT2D eigenvalue weighted by atomic mass is 32.2.